The first-order valence-electron chi connectivity index (χ1n) is 8.08. The predicted molar refractivity (Wildman–Crippen MR) is 108 cm³/mol. The second-order valence-electron chi connectivity index (χ2n) is 5.53. The first kappa shape index (κ1) is 19.2. The van der Waals surface area contributed by atoms with Crippen molar-refractivity contribution in [1.29, 1.82) is 0 Å². The van der Waals surface area contributed by atoms with Crippen molar-refractivity contribution in [2.75, 3.05) is 17.7 Å². The molecule has 0 saturated heterocycles. The van der Waals surface area contributed by atoms with E-state index in [1.807, 2.05) is 25.1 Å². The number of carbonyl (C=O) groups excluding carboxylic acids is 2. The number of halogens is 1. The van der Waals surface area contributed by atoms with Crippen LogP contribution in [0.4, 0.5) is 11.4 Å². The van der Waals surface area contributed by atoms with Gasteiger partial charge in [0.15, 0.2) is 0 Å². The maximum atomic E-state index is 12.3. The van der Waals surface area contributed by atoms with E-state index in [0.717, 1.165) is 16.4 Å². The van der Waals surface area contributed by atoms with E-state index in [-0.39, 0.29) is 11.8 Å². The Labute approximate surface area is 161 Å². The molecule has 0 saturated carbocycles. The predicted octanol–water partition coefficient (Wildman–Crippen LogP) is 4.68. The van der Waals surface area contributed by atoms with Gasteiger partial charge in [0, 0.05) is 27.3 Å². The van der Waals surface area contributed by atoms with Crippen molar-refractivity contribution in [3.8, 4) is 5.75 Å². The average molecular weight is 452 g/mol. The molecule has 6 heteroatoms. The third-order valence-corrected chi connectivity index (χ3v) is 4.25. The van der Waals surface area contributed by atoms with Gasteiger partial charge in [-0.1, -0.05) is 19.4 Å². The van der Waals surface area contributed by atoms with Crippen LogP contribution in [0.2, 0.25) is 0 Å². The second kappa shape index (κ2) is 9.41. The van der Waals surface area contributed by atoms with Gasteiger partial charge in [-0.25, -0.2) is 0 Å². The van der Waals surface area contributed by atoms with E-state index >= 15 is 0 Å². The van der Waals surface area contributed by atoms with E-state index in [1.54, 1.807) is 24.3 Å². The quantitative estimate of drug-likeness (QED) is 0.600. The van der Waals surface area contributed by atoms with Gasteiger partial charge in [-0.05, 0) is 59.3 Å². The minimum absolute atomic E-state index is 0.0456. The molecule has 132 valence electrons. The van der Waals surface area contributed by atoms with Gasteiger partial charge in [-0.2, -0.15) is 0 Å². The van der Waals surface area contributed by atoms with E-state index in [9.17, 15) is 9.59 Å². The number of amides is 2. The van der Waals surface area contributed by atoms with Gasteiger partial charge in [0.25, 0.3) is 5.91 Å². The van der Waals surface area contributed by atoms with Crippen molar-refractivity contribution in [1.82, 2.24) is 0 Å². The van der Waals surface area contributed by atoms with Crippen LogP contribution in [0.5, 0.6) is 5.75 Å². The molecule has 0 fully saturated rings. The number of hydrogen-bond acceptors (Lipinski definition) is 3. The monoisotopic (exact) mass is 452 g/mol. The van der Waals surface area contributed by atoms with Gasteiger partial charge in [0.05, 0.1) is 12.8 Å². The maximum absolute atomic E-state index is 12.3. The molecule has 0 radical (unpaired) electrons. The van der Waals surface area contributed by atoms with E-state index < -0.39 is 0 Å². The third kappa shape index (κ3) is 5.74. The summed E-state index contributed by atoms with van der Waals surface area (Å²) in [7, 11) is 1.53. The van der Waals surface area contributed by atoms with Gasteiger partial charge < -0.3 is 15.4 Å². The molecule has 25 heavy (non-hydrogen) atoms. The molecular formula is C19H21IN2O3. The molecule has 0 unspecified atom stereocenters. The normalized spacial score (nSPS) is 10.2. The average Bonchev–Trinajstić information content (AvgIpc) is 2.61. The van der Waals surface area contributed by atoms with Crippen molar-refractivity contribution in [3.63, 3.8) is 0 Å². The van der Waals surface area contributed by atoms with Crippen LogP contribution in [-0.2, 0) is 4.79 Å². The zero-order valence-corrected chi connectivity index (χ0v) is 16.4. The number of rotatable bonds is 7. The summed E-state index contributed by atoms with van der Waals surface area (Å²) in [5, 5.41) is 5.68. The number of unbranched alkanes of at least 4 members (excludes halogenated alkanes) is 1. The molecule has 0 aliphatic carbocycles. The molecule has 2 rings (SSSR count). The van der Waals surface area contributed by atoms with Crippen molar-refractivity contribution in [2.45, 2.75) is 26.2 Å². The van der Waals surface area contributed by atoms with Crippen molar-refractivity contribution < 1.29 is 14.3 Å². The Morgan fingerprint density at radius 1 is 1.12 bits per heavy atom. The lowest BCUT2D eigenvalue weighted by Gasteiger charge is -2.13. The zero-order valence-electron chi connectivity index (χ0n) is 14.3. The smallest absolute Gasteiger partial charge is 0.255 e. The molecule has 0 heterocycles. The highest BCUT2D eigenvalue weighted by atomic mass is 127. The fourth-order valence-corrected chi connectivity index (χ4v) is 2.80. The van der Waals surface area contributed by atoms with Crippen LogP contribution in [0.1, 0.15) is 36.5 Å². The Morgan fingerprint density at radius 3 is 2.60 bits per heavy atom. The molecule has 2 aromatic carbocycles. The third-order valence-electron chi connectivity index (χ3n) is 3.58. The van der Waals surface area contributed by atoms with Crippen LogP contribution in [0.15, 0.2) is 42.5 Å². The Hall–Kier alpha value is -2.09. The molecule has 0 spiro atoms. The Kier molecular flexibility index (Phi) is 7.24. The van der Waals surface area contributed by atoms with Crippen LogP contribution < -0.4 is 15.4 Å². The molecule has 0 atom stereocenters. The van der Waals surface area contributed by atoms with Gasteiger partial charge in [-0.3, -0.25) is 9.59 Å². The summed E-state index contributed by atoms with van der Waals surface area (Å²) in [6.45, 7) is 2.04. The standard InChI is InChI=1S/C19H21IN2O3/c1-3-4-8-18(23)22-16-10-9-15(12-17(16)25-2)21-19(24)13-6-5-7-14(20)11-13/h5-7,9-12H,3-4,8H2,1-2H3,(H,21,24)(H,22,23). The summed E-state index contributed by atoms with van der Waals surface area (Å²) in [5.41, 5.74) is 1.78. The van der Waals surface area contributed by atoms with Gasteiger partial charge in [-0.15, -0.1) is 0 Å². The van der Waals surface area contributed by atoms with Gasteiger partial charge in [0.2, 0.25) is 5.91 Å². The van der Waals surface area contributed by atoms with Crippen LogP contribution >= 0.6 is 22.6 Å². The molecule has 2 aromatic rings. The first-order valence-corrected chi connectivity index (χ1v) is 9.16. The summed E-state index contributed by atoms with van der Waals surface area (Å²) < 4.78 is 6.32. The summed E-state index contributed by atoms with van der Waals surface area (Å²) in [4.78, 5) is 24.2. The van der Waals surface area contributed by atoms with Crippen molar-refractivity contribution in [3.05, 3.63) is 51.6 Å². The van der Waals surface area contributed by atoms with E-state index in [1.165, 1.54) is 7.11 Å². The minimum Gasteiger partial charge on any atom is -0.494 e. The largest absolute Gasteiger partial charge is 0.494 e. The Balaban J connectivity index is 2.10. The Bertz CT molecular complexity index is 762. The summed E-state index contributed by atoms with van der Waals surface area (Å²) in [5.74, 6) is 0.265. The summed E-state index contributed by atoms with van der Waals surface area (Å²) in [6.07, 6.45) is 2.29. The number of hydrogen-bond donors (Lipinski definition) is 2. The van der Waals surface area contributed by atoms with E-state index in [0.29, 0.717) is 29.1 Å². The first-order chi connectivity index (χ1) is 12.0. The Morgan fingerprint density at radius 2 is 1.92 bits per heavy atom. The molecular weight excluding hydrogens is 431 g/mol. The highest BCUT2D eigenvalue weighted by Gasteiger charge is 2.11. The topological polar surface area (TPSA) is 67.4 Å². The zero-order chi connectivity index (χ0) is 18.2. The number of carbonyl (C=O) groups is 2. The van der Waals surface area contributed by atoms with Crippen molar-refractivity contribution in [2.24, 2.45) is 0 Å². The molecule has 5 nitrogen and oxygen atoms in total. The molecule has 0 aliphatic rings. The van der Waals surface area contributed by atoms with Gasteiger partial charge in [0.1, 0.15) is 5.75 Å². The number of nitrogens with one attached hydrogen (secondary N) is 2. The van der Waals surface area contributed by atoms with Crippen LogP contribution in [0.3, 0.4) is 0 Å². The maximum Gasteiger partial charge on any atom is 0.255 e. The molecule has 0 aromatic heterocycles. The summed E-state index contributed by atoms with van der Waals surface area (Å²) >= 11 is 2.17. The SMILES string of the molecule is CCCCC(=O)Nc1ccc(NC(=O)c2cccc(I)c2)cc1OC. The summed E-state index contributed by atoms with van der Waals surface area (Å²) in [6, 6.07) is 12.5. The second-order valence-corrected chi connectivity index (χ2v) is 6.78. The number of anilines is 2. The lowest BCUT2D eigenvalue weighted by Crippen LogP contribution is -2.14. The van der Waals surface area contributed by atoms with Crippen molar-refractivity contribution >= 4 is 45.8 Å². The molecule has 0 aliphatic heterocycles. The molecule has 0 bridgehead atoms. The van der Waals surface area contributed by atoms with E-state index in [4.69, 9.17) is 4.74 Å². The number of ether oxygens (including phenoxy) is 1. The van der Waals surface area contributed by atoms with Crippen LogP contribution in [0, 0.1) is 3.57 Å². The molecule has 2 N–H and O–H groups in total. The fraction of sp³-hybridized carbons (Fsp3) is 0.263. The van der Waals surface area contributed by atoms with Crippen LogP contribution in [0.25, 0.3) is 0 Å². The van der Waals surface area contributed by atoms with E-state index in [2.05, 4.69) is 33.2 Å². The number of benzene rings is 2. The highest BCUT2D eigenvalue weighted by Crippen LogP contribution is 2.28. The fourth-order valence-electron chi connectivity index (χ4n) is 2.26. The minimum atomic E-state index is -0.194. The highest BCUT2D eigenvalue weighted by molar-refractivity contribution is 14.1. The lowest BCUT2D eigenvalue weighted by molar-refractivity contribution is -0.116. The molecule has 2 amide bonds. The van der Waals surface area contributed by atoms with Crippen LogP contribution in [-0.4, -0.2) is 18.9 Å². The number of methoxy groups -OCH3 is 1. The van der Waals surface area contributed by atoms with Gasteiger partial charge >= 0.3 is 0 Å². The lowest BCUT2D eigenvalue weighted by atomic mass is 10.2.